The lowest BCUT2D eigenvalue weighted by molar-refractivity contribution is 0.0219. The van der Waals surface area contributed by atoms with E-state index in [2.05, 4.69) is 0 Å². The first-order valence-electron chi connectivity index (χ1n) is 4.12. The third-order valence-electron chi connectivity index (χ3n) is 1.80. The molecule has 0 aromatic heterocycles. The van der Waals surface area contributed by atoms with Gasteiger partial charge in [-0.3, -0.25) is 4.79 Å². The standard InChI is InChI=1S/C10H9F2IO2/c1-10(11,12)9(14)7-5-6(13)3-4-8(7)15-2/h3-5H,1-2H3. The molecule has 0 heterocycles. The molecule has 0 fully saturated rings. The average Bonchev–Trinajstić information content (AvgIpc) is 2.15. The molecule has 2 nitrogen and oxygen atoms in total. The Hall–Kier alpha value is -0.720. The van der Waals surface area contributed by atoms with E-state index >= 15 is 0 Å². The van der Waals surface area contributed by atoms with E-state index in [-0.39, 0.29) is 11.3 Å². The lowest BCUT2D eigenvalue weighted by Crippen LogP contribution is -2.24. The van der Waals surface area contributed by atoms with Crippen LogP contribution in [0.5, 0.6) is 5.75 Å². The van der Waals surface area contributed by atoms with Crippen molar-refractivity contribution in [2.24, 2.45) is 0 Å². The van der Waals surface area contributed by atoms with Gasteiger partial charge in [-0.05, 0) is 40.8 Å². The molecule has 0 aliphatic rings. The zero-order valence-corrected chi connectivity index (χ0v) is 10.3. The molecule has 1 rings (SSSR count). The van der Waals surface area contributed by atoms with Crippen molar-refractivity contribution in [3.63, 3.8) is 0 Å². The van der Waals surface area contributed by atoms with Gasteiger partial charge >= 0.3 is 5.92 Å². The summed E-state index contributed by atoms with van der Waals surface area (Å²) >= 11 is 1.95. The summed E-state index contributed by atoms with van der Waals surface area (Å²) in [5.74, 6) is -4.43. The number of benzene rings is 1. The van der Waals surface area contributed by atoms with E-state index in [0.717, 1.165) is 0 Å². The van der Waals surface area contributed by atoms with Gasteiger partial charge in [0.2, 0.25) is 5.78 Å². The monoisotopic (exact) mass is 326 g/mol. The van der Waals surface area contributed by atoms with Gasteiger partial charge in [-0.15, -0.1) is 0 Å². The SMILES string of the molecule is COc1ccc(I)cc1C(=O)C(C)(F)F. The Bertz CT molecular complexity index is 385. The number of methoxy groups -OCH3 is 1. The summed E-state index contributed by atoms with van der Waals surface area (Å²) in [5, 5.41) is 0. The third-order valence-corrected chi connectivity index (χ3v) is 2.48. The maximum Gasteiger partial charge on any atom is 0.307 e. The van der Waals surface area contributed by atoms with Gasteiger partial charge in [-0.1, -0.05) is 0 Å². The molecule has 0 bridgehead atoms. The number of hydrogen-bond donors (Lipinski definition) is 0. The van der Waals surface area contributed by atoms with E-state index in [1.165, 1.54) is 19.2 Å². The van der Waals surface area contributed by atoms with Crippen molar-refractivity contribution in [2.75, 3.05) is 7.11 Å². The fourth-order valence-electron chi connectivity index (χ4n) is 1.09. The fraction of sp³-hybridized carbons (Fsp3) is 0.300. The minimum atomic E-state index is -3.38. The first-order valence-corrected chi connectivity index (χ1v) is 5.20. The Balaban J connectivity index is 3.23. The maximum atomic E-state index is 12.8. The van der Waals surface area contributed by atoms with Gasteiger partial charge in [0.15, 0.2) is 0 Å². The largest absolute Gasteiger partial charge is 0.496 e. The molecular weight excluding hydrogens is 317 g/mol. The van der Waals surface area contributed by atoms with E-state index in [1.807, 2.05) is 22.6 Å². The molecule has 0 saturated carbocycles. The topological polar surface area (TPSA) is 26.3 Å². The number of rotatable bonds is 3. The lowest BCUT2D eigenvalue weighted by Gasteiger charge is -2.12. The van der Waals surface area contributed by atoms with Crippen LogP contribution in [0.25, 0.3) is 0 Å². The second-order valence-corrected chi connectivity index (χ2v) is 4.31. The van der Waals surface area contributed by atoms with Crippen molar-refractivity contribution in [2.45, 2.75) is 12.8 Å². The van der Waals surface area contributed by atoms with Gasteiger partial charge in [-0.25, -0.2) is 0 Å². The molecular formula is C10H9F2IO2. The van der Waals surface area contributed by atoms with Crippen LogP contribution >= 0.6 is 22.6 Å². The second-order valence-electron chi connectivity index (χ2n) is 3.06. The van der Waals surface area contributed by atoms with Crippen LogP contribution in [-0.4, -0.2) is 18.8 Å². The highest BCUT2D eigenvalue weighted by Crippen LogP contribution is 2.27. The Morgan fingerprint density at radius 3 is 2.53 bits per heavy atom. The molecule has 5 heteroatoms. The van der Waals surface area contributed by atoms with Crippen LogP contribution in [0.4, 0.5) is 8.78 Å². The summed E-state index contributed by atoms with van der Waals surface area (Å²) in [6, 6.07) is 4.57. The molecule has 0 N–H and O–H groups in total. The number of alkyl halides is 2. The molecule has 0 amide bonds. The van der Waals surface area contributed by atoms with Crippen LogP contribution < -0.4 is 4.74 Å². The summed E-state index contributed by atoms with van der Waals surface area (Å²) in [4.78, 5) is 11.4. The molecule has 0 atom stereocenters. The molecule has 1 aromatic carbocycles. The molecule has 0 spiro atoms. The Morgan fingerprint density at radius 1 is 1.47 bits per heavy atom. The zero-order valence-electron chi connectivity index (χ0n) is 8.18. The van der Waals surface area contributed by atoms with Gasteiger partial charge < -0.3 is 4.74 Å². The molecule has 0 aliphatic heterocycles. The van der Waals surface area contributed by atoms with E-state index < -0.39 is 11.7 Å². The van der Waals surface area contributed by atoms with Crippen LogP contribution in [0.1, 0.15) is 17.3 Å². The van der Waals surface area contributed by atoms with Crippen molar-refractivity contribution in [1.29, 1.82) is 0 Å². The Labute approximate surface area is 99.8 Å². The minimum absolute atomic E-state index is 0.0862. The number of carbonyl (C=O) groups excluding carboxylic acids is 1. The number of ketones is 1. The Kier molecular flexibility index (Phi) is 3.64. The van der Waals surface area contributed by atoms with Gasteiger partial charge in [0, 0.05) is 10.5 Å². The number of Topliss-reactive ketones (excluding diaryl/α,β-unsaturated/α-hetero) is 1. The highest BCUT2D eigenvalue weighted by atomic mass is 127. The van der Waals surface area contributed by atoms with Gasteiger partial charge in [0.25, 0.3) is 0 Å². The highest BCUT2D eigenvalue weighted by molar-refractivity contribution is 14.1. The van der Waals surface area contributed by atoms with E-state index in [1.54, 1.807) is 6.07 Å². The molecule has 0 saturated heterocycles. The summed E-state index contributed by atoms with van der Waals surface area (Å²) in [5.41, 5.74) is -0.0862. The summed E-state index contributed by atoms with van der Waals surface area (Å²) < 4.78 is 31.3. The number of halogens is 3. The highest BCUT2D eigenvalue weighted by Gasteiger charge is 2.35. The van der Waals surface area contributed by atoms with Gasteiger partial charge in [0.05, 0.1) is 12.7 Å². The fourth-order valence-corrected chi connectivity index (χ4v) is 1.59. The van der Waals surface area contributed by atoms with Gasteiger partial charge in [0.1, 0.15) is 5.75 Å². The zero-order chi connectivity index (χ0) is 11.6. The average molecular weight is 326 g/mol. The predicted molar refractivity (Wildman–Crippen MR) is 60.7 cm³/mol. The molecule has 0 aliphatic carbocycles. The number of ether oxygens (including phenoxy) is 1. The molecule has 82 valence electrons. The van der Waals surface area contributed by atoms with Crippen molar-refractivity contribution < 1.29 is 18.3 Å². The molecule has 0 radical (unpaired) electrons. The van der Waals surface area contributed by atoms with E-state index in [9.17, 15) is 13.6 Å². The molecule has 15 heavy (non-hydrogen) atoms. The normalized spacial score (nSPS) is 11.3. The van der Waals surface area contributed by atoms with Crippen molar-refractivity contribution in [3.05, 3.63) is 27.3 Å². The number of carbonyl (C=O) groups is 1. The smallest absolute Gasteiger partial charge is 0.307 e. The van der Waals surface area contributed by atoms with E-state index in [4.69, 9.17) is 4.74 Å². The van der Waals surface area contributed by atoms with Crippen LogP contribution in [0.15, 0.2) is 18.2 Å². The van der Waals surface area contributed by atoms with Gasteiger partial charge in [-0.2, -0.15) is 8.78 Å². The minimum Gasteiger partial charge on any atom is -0.496 e. The summed E-state index contributed by atoms with van der Waals surface area (Å²) in [6.45, 7) is 0.578. The first kappa shape index (κ1) is 12.4. The van der Waals surface area contributed by atoms with Crippen LogP contribution in [-0.2, 0) is 0 Å². The summed E-state index contributed by atoms with van der Waals surface area (Å²) in [6.07, 6.45) is 0. The predicted octanol–water partition coefficient (Wildman–Crippen LogP) is 3.14. The van der Waals surface area contributed by atoms with Crippen LogP contribution in [0, 0.1) is 3.57 Å². The Morgan fingerprint density at radius 2 is 2.07 bits per heavy atom. The van der Waals surface area contributed by atoms with Crippen molar-refractivity contribution in [3.8, 4) is 5.75 Å². The quantitative estimate of drug-likeness (QED) is 0.630. The van der Waals surface area contributed by atoms with Crippen LogP contribution in [0.3, 0.4) is 0 Å². The third kappa shape index (κ3) is 2.87. The van der Waals surface area contributed by atoms with Crippen molar-refractivity contribution in [1.82, 2.24) is 0 Å². The molecule has 0 unspecified atom stereocenters. The summed E-state index contributed by atoms with van der Waals surface area (Å²) in [7, 11) is 1.34. The maximum absolute atomic E-state index is 12.8. The van der Waals surface area contributed by atoms with Crippen molar-refractivity contribution >= 4 is 28.4 Å². The lowest BCUT2D eigenvalue weighted by atomic mass is 10.1. The van der Waals surface area contributed by atoms with E-state index in [0.29, 0.717) is 10.5 Å². The van der Waals surface area contributed by atoms with Crippen LogP contribution in [0.2, 0.25) is 0 Å². The first-order chi connectivity index (χ1) is 6.86. The number of hydrogen-bond acceptors (Lipinski definition) is 2. The molecule has 1 aromatic rings. The second kappa shape index (κ2) is 4.42.